The van der Waals surface area contributed by atoms with Gasteiger partial charge in [0.05, 0.1) is 0 Å². The average molecular weight is 310 g/mol. The Morgan fingerprint density at radius 3 is 2.89 bits per heavy atom. The summed E-state index contributed by atoms with van der Waals surface area (Å²) in [6.07, 6.45) is 4.20. The van der Waals surface area contributed by atoms with Crippen LogP contribution in [0.25, 0.3) is 0 Å². The Morgan fingerprint density at radius 2 is 2.17 bits per heavy atom. The average Bonchev–Trinajstić information content (AvgIpc) is 2.41. The first-order valence-electron chi connectivity index (χ1n) is 6.73. The van der Waals surface area contributed by atoms with Gasteiger partial charge < -0.3 is 4.90 Å². The fourth-order valence-electron chi connectivity index (χ4n) is 2.40. The van der Waals surface area contributed by atoms with E-state index in [-0.39, 0.29) is 5.91 Å². The second kappa shape index (κ2) is 6.37. The van der Waals surface area contributed by atoms with Crippen LogP contribution in [-0.2, 0) is 12.8 Å². The normalized spacial score (nSPS) is 14.8. The molecule has 0 radical (unpaired) electrons. The number of halogens is 1. The van der Waals surface area contributed by atoms with Crippen molar-refractivity contribution in [2.45, 2.75) is 32.6 Å². The molecule has 0 saturated carbocycles. The fraction of sp³-hybridized carbons (Fsp3) is 0.533. The van der Waals surface area contributed by atoms with Gasteiger partial charge in [-0.3, -0.25) is 4.79 Å². The molecule has 0 unspecified atom stereocenters. The van der Waals surface area contributed by atoms with Crippen LogP contribution in [0.2, 0.25) is 0 Å². The zero-order chi connectivity index (χ0) is 13.0. The van der Waals surface area contributed by atoms with Crippen molar-refractivity contribution in [1.29, 1.82) is 0 Å². The van der Waals surface area contributed by atoms with Crippen molar-refractivity contribution in [3.63, 3.8) is 0 Å². The summed E-state index contributed by atoms with van der Waals surface area (Å²) in [5, 5.41) is 1.02. The van der Waals surface area contributed by atoms with Gasteiger partial charge in [0.2, 0.25) is 0 Å². The Bertz CT molecular complexity index is 431. The number of hydrogen-bond acceptors (Lipinski definition) is 1. The fourth-order valence-corrected chi connectivity index (χ4v) is 2.79. The van der Waals surface area contributed by atoms with E-state index in [0.29, 0.717) is 0 Å². The third-order valence-corrected chi connectivity index (χ3v) is 4.12. The second-order valence-electron chi connectivity index (χ2n) is 4.78. The van der Waals surface area contributed by atoms with Gasteiger partial charge >= 0.3 is 0 Å². The number of amides is 1. The van der Waals surface area contributed by atoms with E-state index in [1.807, 2.05) is 4.90 Å². The lowest BCUT2D eigenvalue weighted by molar-refractivity contribution is 0.0737. The molecular formula is C15H20BrNO. The van der Waals surface area contributed by atoms with Crippen LogP contribution < -0.4 is 0 Å². The molecule has 0 atom stereocenters. The molecule has 1 heterocycles. The van der Waals surface area contributed by atoms with Gasteiger partial charge in [-0.05, 0) is 42.9 Å². The Labute approximate surface area is 117 Å². The quantitative estimate of drug-likeness (QED) is 0.603. The smallest absolute Gasteiger partial charge is 0.254 e. The van der Waals surface area contributed by atoms with Crippen molar-refractivity contribution in [3.05, 3.63) is 34.9 Å². The molecule has 1 aromatic carbocycles. The second-order valence-corrected chi connectivity index (χ2v) is 5.58. The SMILES string of the molecule is CCc1ccc2c(c1)C(=O)N(CCCCBr)CC2. The maximum atomic E-state index is 12.4. The predicted octanol–water partition coefficient (Wildman–Crippen LogP) is 3.42. The highest BCUT2D eigenvalue weighted by Crippen LogP contribution is 2.21. The largest absolute Gasteiger partial charge is 0.338 e. The maximum Gasteiger partial charge on any atom is 0.254 e. The van der Waals surface area contributed by atoms with E-state index < -0.39 is 0 Å². The van der Waals surface area contributed by atoms with Crippen molar-refractivity contribution in [2.75, 3.05) is 18.4 Å². The minimum Gasteiger partial charge on any atom is -0.338 e. The van der Waals surface area contributed by atoms with Crippen LogP contribution in [0.5, 0.6) is 0 Å². The first kappa shape index (κ1) is 13.6. The van der Waals surface area contributed by atoms with Crippen LogP contribution in [-0.4, -0.2) is 29.2 Å². The molecule has 3 heteroatoms. The van der Waals surface area contributed by atoms with Crippen LogP contribution in [0, 0.1) is 0 Å². The van der Waals surface area contributed by atoms with E-state index in [4.69, 9.17) is 0 Å². The number of aryl methyl sites for hydroxylation is 1. The minimum absolute atomic E-state index is 0.223. The molecule has 0 aromatic heterocycles. The lowest BCUT2D eigenvalue weighted by atomic mass is 9.96. The van der Waals surface area contributed by atoms with Gasteiger partial charge in [-0.15, -0.1) is 0 Å². The Balaban J connectivity index is 2.11. The number of alkyl halides is 1. The molecule has 1 aliphatic rings. The summed E-state index contributed by atoms with van der Waals surface area (Å²) in [6, 6.07) is 6.35. The lowest BCUT2D eigenvalue weighted by Gasteiger charge is -2.29. The summed E-state index contributed by atoms with van der Waals surface area (Å²) >= 11 is 3.43. The van der Waals surface area contributed by atoms with E-state index in [2.05, 4.69) is 41.1 Å². The molecule has 1 amide bonds. The van der Waals surface area contributed by atoms with Crippen LogP contribution in [0.3, 0.4) is 0 Å². The van der Waals surface area contributed by atoms with Crippen LogP contribution in [0.15, 0.2) is 18.2 Å². The Hall–Kier alpha value is -0.830. The van der Waals surface area contributed by atoms with Crippen molar-refractivity contribution >= 4 is 21.8 Å². The number of fused-ring (bicyclic) bond motifs is 1. The first-order chi connectivity index (χ1) is 8.76. The number of carbonyl (C=O) groups excluding carboxylic acids is 1. The molecule has 0 fully saturated rings. The van der Waals surface area contributed by atoms with E-state index in [0.717, 1.165) is 49.7 Å². The number of unbranched alkanes of at least 4 members (excludes halogenated alkanes) is 1. The van der Waals surface area contributed by atoms with E-state index >= 15 is 0 Å². The van der Waals surface area contributed by atoms with E-state index in [9.17, 15) is 4.79 Å². The van der Waals surface area contributed by atoms with Crippen LogP contribution >= 0.6 is 15.9 Å². The molecule has 98 valence electrons. The van der Waals surface area contributed by atoms with Gasteiger partial charge in [-0.1, -0.05) is 35.0 Å². The first-order valence-corrected chi connectivity index (χ1v) is 7.85. The van der Waals surface area contributed by atoms with Crippen LogP contribution in [0.4, 0.5) is 0 Å². The summed E-state index contributed by atoms with van der Waals surface area (Å²) in [5.41, 5.74) is 3.40. The van der Waals surface area contributed by atoms with Gasteiger partial charge in [0, 0.05) is 24.0 Å². The maximum absolute atomic E-state index is 12.4. The Kier molecular flexibility index (Phi) is 4.81. The molecule has 18 heavy (non-hydrogen) atoms. The molecule has 0 aliphatic carbocycles. The Morgan fingerprint density at radius 1 is 1.33 bits per heavy atom. The van der Waals surface area contributed by atoms with E-state index in [1.54, 1.807) is 0 Å². The molecule has 1 aliphatic heterocycles. The standard InChI is InChI=1S/C15H20BrNO/c1-2-12-5-6-13-7-10-17(9-4-3-8-16)15(18)14(13)11-12/h5-6,11H,2-4,7-10H2,1H3. The molecule has 2 rings (SSSR count). The molecule has 1 aromatic rings. The number of nitrogens with zero attached hydrogens (tertiary/aromatic N) is 1. The minimum atomic E-state index is 0.223. The summed E-state index contributed by atoms with van der Waals surface area (Å²) < 4.78 is 0. The third-order valence-electron chi connectivity index (χ3n) is 3.56. The highest BCUT2D eigenvalue weighted by atomic mass is 79.9. The van der Waals surface area contributed by atoms with Crippen molar-refractivity contribution in [2.24, 2.45) is 0 Å². The molecule has 0 bridgehead atoms. The lowest BCUT2D eigenvalue weighted by Crippen LogP contribution is -2.38. The molecule has 0 saturated heterocycles. The van der Waals surface area contributed by atoms with Crippen molar-refractivity contribution in [1.82, 2.24) is 4.90 Å². The predicted molar refractivity (Wildman–Crippen MR) is 78.5 cm³/mol. The highest BCUT2D eigenvalue weighted by Gasteiger charge is 2.23. The van der Waals surface area contributed by atoms with E-state index in [1.165, 1.54) is 11.1 Å². The number of hydrogen-bond donors (Lipinski definition) is 0. The summed E-state index contributed by atoms with van der Waals surface area (Å²) in [4.78, 5) is 14.4. The van der Waals surface area contributed by atoms with Gasteiger partial charge in [-0.25, -0.2) is 0 Å². The van der Waals surface area contributed by atoms with Gasteiger partial charge in [0.25, 0.3) is 5.91 Å². The molecule has 0 spiro atoms. The summed E-state index contributed by atoms with van der Waals surface area (Å²) in [7, 11) is 0. The molecular weight excluding hydrogens is 290 g/mol. The molecule has 2 nitrogen and oxygen atoms in total. The third kappa shape index (κ3) is 2.94. The van der Waals surface area contributed by atoms with Gasteiger partial charge in [0.1, 0.15) is 0 Å². The zero-order valence-electron chi connectivity index (χ0n) is 10.9. The summed E-state index contributed by atoms with van der Waals surface area (Å²) in [5.74, 6) is 0.223. The highest BCUT2D eigenvalue weighted by molar-refractivity contribution is 9.09. The number of carbonyl (C=O) groups is 1. The molecule has 0 N–H and O–H groups in total. The topological polar surface area (TPSA) is 20.3 Å². The number of rotatable bonds is 5. The van der Waals surface area contributed by atoms with Gasteiger partial charge in [0.15, 0.2) is 0 Å². The van der Waals surface area contributed by atoms with Crippen LogP contribution in [0.1, 0.15) is 41.3 Å². The number of benzene rings is 1. The zero-order valence-corrected chi connectivity index (χ0v) is 12.5. The monoisotopic (exact) mass is 309 g/mol. The van der Waals surface area contributed by atoms with Gasteiger partial charge in [-0.2, -0.15) is 0 Å². The van der Waals surface area contributed by atoms with Crippen molar-refractivity contribution in [3.8, 4) is 0 Å². The van der Waals surface area contributed by atoms with Crippen molar-refractivity contribution < 1.29 is 4.79 Å². The summed E-state index contributed by atoms with van der Waals surface area (Å²) in [6.45, 7) is 3.89.